The maximum Gasteiger partial charge on any atom is 0.266 e. The number of anilines is 1. The van der Waals surface area contributed by atoms with Crippen LogP contribution in [-0.2, 0) is 0 Å². The van der Waals surface area contributed by atoms with E-state index in [1.807, 2.05) is 17.0 Å². The fourth-order valence-electron chi connectivity index (χ4n) is 2.54. The first-order valence-electron chi connectivity index (χ1n) is 6.40. The van der Waals surface area contributed by atoms with Crippen LogP contribution in [0.4, 0.5) is 5.69 Å². The molecule has 0 atom stereocenters. The first-order chi connectivity index (χ1) is 8.98. The molecule has 1 aliphatic rings. The van der Waals surface area contributed by atoms with Crippen LogP contribution in [0.15, 0.2) is 18.3 Å². The van der Waals surface area contributed by atoms with Crippen molar-refractivity contribution < 1.29 is 4.79 Å². The number of nitrogens with zero attached hydrogens (tertiary/aromatic N) is 2. The van der Waals surface area contributed by atoms with Crippen LogP contribution in [0.1, 0.15) is 29.9 Å². The van der Waals surface area contributed by atoms with Gasteiger partial charge in [-0.05, 0) is 24.0 Å². The van der Waals surface area contributed by atoms with E-state index in [0.29, 0.717) is 10.6 Å². The number of aromatic nitrogens is 1. The molecular formula is C14H17N3OS. The van der Waals surface area contributed by atoms with E-state index in [1.165, 1.54) is 11.3 Å². The standard InChI is InChI=1S/C14H17N3OS/c1-14(2)5-7-17(8-14)13(18)12-10(15)11-9(19-12)4-3-6-16-11/h3-4,6H,5,7-8,15H2,1-2H3. The van der Waals surface area contributed by atoms with Crippen molar-refractivity contribution in [1.29, 1.82) is 0 Å². The molecule has 2 aromatic heterocycles. The van der Waals surface area contributed by atoms with Gasteiger partial charge in [0.25, 0.3) is 5.91 Å². The van der Waals surface area contributed by atoms with Crippen molar-refractivity contribution in [3.05, 3.63) is 23.2 Å². The largest absolute Gasteiger partial charge is 0.396 e. The highest BCUT2D eigenvalue weighted by atomic mass is 32.1. The Kier molecular flexibility index (Phi) is 2.74. The quantitative estimate of drug-likeness (QED) is 0.870. The smallest absolute Gasteiger partial charge is 0.266 e. The summed E-state index contributed by atoms with van der Waals surface area (Å²) in [6, 6.07) is 3.82. The van der Waals surface area contributed by atoms with Crippen LogP contribution in [0.2, 0.25) is 0 Å². The van der Waals surface area contributed by atoms with Crippen LogP contribution in [0.5, 0.6) is 0 Å². The fourth-order valence-corrected chi connectivity index (χ4v) is 3.58. The molecule has 0 saturated carbocycles. The molecule has 0 aliphatic carbocycles. The second-order valence-corrected chi connectivity index (χ2v) is 6.89. The Morgan fingerprint density at radius 1 is 1.53 bits per heavy atom. The molecule has 0 radical (unpaired) electrons. The Bertz CT molecular complexity index is 647. The molecule has 0 spiro atoms. The van der Waals surface area contributed by atoms with Crippen molar-refractivity contribution in [1.82, 2.24) is 9.88 Å². The van der Waals surface area contributed by atoms with Crippen LogP contribution < -0.4 is 5.73 Å². The summed E-state index contributed by atoms with van der Waals surface area (Å²) in [7, 11) is 0. The highest BCUT2D eigenvalue weighted by Crippen LogP contribution is 2.35. The molecule has 0 bridgehead atoms. The molecule has 1 fully saturated rings. The summed E-state index contributed by atoms with van der Waals surface area (Å²) in [5.41, 5.74) is 7.55. The summed E-state index contributed by atoms with van der Waals surface area (Å²) in [5.74, 6) is 0.0473. The van der Waals surface area contributed by atoms with Gasteiger partial charge in [-0.1, -0.05) is 13.8 Å². The van der Waals surface area contributed by atoms with Gasteiger partial charge in [-0.15, -0.1) is 11.3 Å². The van der Waals surface area contributed by atoms with Crippen molar-refractivity contribution in [2.24, 2.45) is 5.41 Å². The lowest BCUT2D eigenvalue weighted by Crippen LogP contribution is -2.30. The van der Waals surface area contributed by atoms with Crippen molar-refractivity contribution >= 4 is 33.1 Å². The Balaban J connectivity index is 1.96. The van der Waals surface area contributed by atoms with Crippen molar-refractivity contribution in [3.8, 4) is 0 Å². The predicted molar refractivity (Wildman–Crippen MR) is 78.3 cm³/mol. The first-order valence-corrected chi connectivity index (χ1v) is 7.22. The third-order valence-corrected chi connectivity index (χ3v) is 4.79. The molecule has 2 N–H and O–H groups in total. The number of amides is 1. The van der Waals surface area contributed by atoms with E-state index in [0.717, 1.165) is 29.7 Å². The Morgan fingerprint density at radius 3 is 2.95 bits per heavy atom. The topological polar surface area (TPSA) is 59.2 Å². The van der Waals surface area contributed by atoms with E-state index in [1.54, 1.807) is 6.20 Å². The van der Waals surface area contributed by atoms with E-state index in [-0.39, 0.29) is 11.3 Å². The number of carbonyl (C=O) groups excluding carboxylic acids is 1. The summed E-state index contributed by atoms with van der Waals surface area (Å²) < 4.78 is 0.974. The SMILES string of the molecule is CC1(C)CCN(C(=O)c2sc3cccnc3c2N)C1. The Morgan fingerprint density at radius 2 is 2.32 bits per heavy atom. The van der Waals surface area contributed by atoms with Crippen LogP contribution >= 0.6 is 11.3 Å². The average Bonchev–Trinajstić information content (AvgIpc) is 2.90. The van der Waals surface area contributed by atoms with Crippen LogP contribution in [0.3, 0.4) is 0 Å². The van der Waals surface area contributed by atoms with E-state index < -0.39 is 0 Å². The summed E-state index contributed by atoms with van der Waals surface area (Å²) in [6.45, 7) is 5.99. The number of hydrogen-bond donors (Lipinski definition) is 1. The van der Waals surface area contributed by atoms with Gasteiger partial charge in [-0.25, -0.2) is 0 Å². The maximum absolute atomic E-state index is 12.6. The van der Waals surface area contributed by atoms with Crippen molar-refractivity contribution in [3.63, 3.8) is 0 Å². The lowest BCUT2D eigenvalue weighted by atomic mass is 9.93. The van der Waals surface area contributed by atoms with Crippen LogP contribution in [0.25, 0.3) is 10.2 Å². The number of thiophene rings is 1. The average molecular weight is 275 g/mol. The molecular weight excluding hydrogens is 258 g/mol. The number of carbonyl (C=O) groups is 1. The number of rotatable bonds is 1. The highest BCUT2D eigenvalue weighted by molar-refractivity contribution is 7.21. The van der Waals surface area contributed by atoms with Crippen LogP contribution in [-0.4, -0.2) is 28.9 Å². The van der Waals surface area contributed by atoms with Gasteiger partial charge >= 0.3 is 0 Å². The molecule has 1 aliphatic heterocycles. The van der Waals surface area contributed by atoms with E-state index >= 15 is 0 Å². The van der Waals surface area contributed by atoms with E-state index in [4.69, 9.17) is 5.73 Å². The normalized spacial score (nSPS) is 18.1. The zero-order chi connectivity index (χ0) is 13.6. The Labute approximate surface area is 116 Å². The third-order valence-electron chi connectivity index (χ3n) is 3.64. The zero-order valence-electron chi connectivity index (χ0n) is 11.1. The summed E-state index contributed by atoms with van der Waals surface area (Å²) in [4.78, 5) is 19.3. The Hall–Kier alpha value is -1.62. The fraction of sp³-hybridized carbons (Fsp3) is 0.429. The van der Waals surface area contributed by atoms with E-state index in [2.05, 4.69) is 18.8 Å². The lowest BCUT2D eigenvalue weighted by molar-refractivity contribution is 0.0784. The summed E-state index contributed by atoms with van der Waals surface area (Å²) in [5, 5.41) is 0. The molecule has 100 valence electrons. The zero-order valence-corrected chi connectivity index (χ0v) is 12.0. The van der Waals surface area contributed by atoms with Gasteiger partial charge in [-0.2, -0.15) is 0 Å². The summed E-state index contributed by atoms with van der Waals surface area (Å²) in [6.07, 6.45) is 2.75. The minimum Gasteiger partial charge on any atom is -0.396 e. The van der Waals surface area contributed by atoms with Crippen LogP contribution in [0, 0.1) is 5.41 Å². The number of nitrogen functional groups attached to an aromatic ring is 1. The van der Waals surface area contributed by atoms with Crippen molar-refractivity contribution in [2.45, 2.75) is 20.3 Å². The molecule has 19 heavy (non-hydrogen) atoms. The van der Waals surface area contributed by atoms with Gasteiger partial charge in [-0.3, -0.25) is 9.78 Å². The lowest BCUT2D eigenvalue weighted by Gasteiger charge is -2.19. The van der Waals surface area contributed by atoms with E-state index in [9.17, 15) is 4.79 Å². The van der Waals surface area contributed by atoms with Gasteiger partial charge in [0, 0.05) is 19.3 Å². The number of nitrogens with two attached hydrogens (primary N) is 1. The molecule has 3 heterocycles. The van der Waals surface area contributed by atoms with Crippen molar-refractivity contribution in [2.75, 3.05) is 18.8 Å². The molecule has 0 aromatic carbocycles. The van der Waals surface area contributed by atoms with Gasteiger partial charge in [0.15, 0.2) is 0 Å². The van der Waals surface area contributed by atoms with Gasteiger partial charge in [0.2, 0.25) is 0 Å². The minimum atomic E-state index is 0.0473. The molecule has 4 nitrogen and oxygen atoms in total. The number of likely N-dealkylation sites (tertiary alicyclic amines) is 1. The minimum absolute atomic E-state index is 0.0473. The third kappa shape index (κ3) is 2.08. The first kappa shape index (κ1) is 12.4. The summed E-state index contributed by atoms with van der Waals surface area (Å²) >= 11 is 1.44. The molecule has 3 rings (SSSR count). The van der Waals surface area contributed by atoms with Gasteiger partial charge < -0.3 is 10.6 Å². The number of hydrogen-bond acceptors (Lipinski definition) is 4. The molecule has 1 saturated heterocycles. The molecule has 0 unspecified atom stereocenters. The highest BCUT2D eigenvalue weighted by Gasteiger charge is 2.33. The van der Waals surface area contributed by atoms with Gasteiger partial charge in [0.05, 0.1) is 10.4 Å². The molecule has 5 heteroatoms. The second kappa shape index (κ2) is 4.20. The number of pyridine rings is 1. The number of fused-ring (bicyclic) bond motifs is 1. The maximum atomic E-state index is 12.6. The monoisotopic (exact) mass is 275 g/mol. The second-order valence-electron chi connectivity index (χ2n) is 5.84. The van der Waals surface area contributed by atoms with Gasteiger partial charge in [0.1, 0.15) is 10.4 Å². The molecule has 1 amide bonds. The predicted octanol–water partition coefficient (Wildman–Crippen LogP) is 2.75. The molecule has 2 aromatic rings.